The molecule has 2 atom stereocenters. The van der Waals surface area contributed by atoms with E-state index in [1.807, 2.05) is 55.5 Å². The standard InChI is InChI=1S/C25H30N4O2S/c1-4-17(2)15-29-16-19(32-25-27-20-10-6-7-11-21(20)28-25)13-22(29)24(30)26-14-18-9-5-8-12-23(18)31-3/h4-12,19,22H,13-16H2,1-3H3,(H,26,30)(H,27,28)/b17-4+/t19-,22+/m1/s1. The molecule has 1 amide bonds. The predicted molar refractivity (Wildman–Crippen MR) is 130 cm³/mol. The van der Waals surface area contributed by atoms with Gasteiger partial charge in [-0.2, -0.15) is 0 Å². The number of carbonyl (C=O) groups excluding carboxylic acids is 1. The summed E-state index contributed by atoms with van der Waals surface area (Å²) >= 11 is 1.73. The molecule has 0 saturated carbocycles. The molecule has 1 aliphatic heterocycles. The van der Waals surface area contributed by atoms with Crippen LogP contribution in [0.5, 0.6) is 5.75 Å². The zero-order valence-electron chi connectivity index (χ0n) is 18.8. The number of H-pyrrole nitrogens is 1. The van der Waals surface area contributed by atoms with E-state index in [1.54, 1.807) is 18.9 Å². The van der Waals surface area contributed by atoms with Crippen LogP contribution in [0.25, 0.3) is 11.0 Å². The predicted octanol–water partition coefficient (Wildman–Crippen LogP) is 4.39. The molecule has 3 aromatic rings. The van der Waals surface area contributed by atoms with E-state index in [-0.39, 0.29) is 11.9 Å². The smallest absolute Gasteiger partial charge is 0.237 e. The number of thioether (sulfide) groups is 1. The number of allylic oxidation sites excluding steroid dienone is 1. The molecule has 0 unspecified atom stereocenters. The van der Waals surface area contributed by atoms with E-state index in [1.165, 1.54) is 5.57 Å². The van der Waals surface area contributed by atoms with Gasteiger partial charge in [0.1, 0.15) is 5.75 Å². The Balaban J connectivity index is 1.45. The summed E-state index contributed by atoms with van der Waals surface area (Å²) in [5.41, 5.74) is 4.26. The molecule has 0 radical (unpaired) electrons. The maximum Gasteiger partial charge on any atom is 0.237 e. The van der Waals surface area contributed by atoms with Gasteiger partial charge in [-0.05, 0) is 38.5 Å². The Bertz CT molecular complexity index is 1080. The Morgan fingerprint density at radius 3 is 2.84 bits per heavy atom. The lowest BCUT2D eigenvalue weighted by Gasteiger charge is -2.24. The van der Waals surface area contributed by atoms with Gasteiger partial charge in [0.25, 0.3) is 0 Å². The average molecular weight is 451 g/mol. The molecule has 0 spiro atoms. The van der Waals surface area contributed by atoms with Gasteiger partial charge in [0.2, 0.25) is 5.91 Å². The number of rotatable bonds is 8. The minimum Gasteiger partial charge on any atom is -0.496 e. The first kappa shape index (κ1) is 22.4. The van der Waals surface area contributed by atoms with Crippen LogP contribution in [-0.4, -0.2) is 52.3 Å². The van der Waals surface area contributed by atoms with Gasteiger partial charge in [0.05, 0.1) is 24.2 Å². The number of aromatic amines is 1. The van der Waals surface area contributed by atoms with Crippen LogP contribution in [0, 0.1) is 0 Å². The van der Waals surface area contributed by atoms with Gasteiger partial charge in [-0.15, -0.1) is 0 Å². The van der Waals surface area contributed by atoms with E-state index >= 15 is 0 Å². The van der Waals surface area contributed by atoms with Crippen molar-refractivity contribution in [3.63, 3.8) is 0 Å². The number of amides is 1. The third-order valence-corrected chi connectivity index (χ3v) is 7.00. The van der Waals surface area contributed by atoms with Gasteiger partial charge in [0, 0.05) is 30.4 Å². The number of aromatic nitrogens is 2. The van der Waals surface area contributed by atoms with Crippen LogP contribution in [0.3, 0.4) is 0 Å². The highest BCUT2D eigenvalue weighted by molar-refractivity contribution is 7.99. The van der Waals surface area contributed by atoms with Crippen molar-refractivity contribution in [2.45, 2.75) is 43.3 Å². The lowest BCUT2D eigenvalue weighted by molar-refractivity contribution is -0.125. The number of nitrogens with zero attached hydrogens (tertiary/aromatic N) is 2. The van der Waals surface area contributed by atoms with Crippen molar-refractivity contribution in [3.8, 4) is 5.75 Å². The molecule has 0 bridgehead atoms. The maximum absolute atomic E-state index is 13.2. The number of benzene rings is 2. The number of fused-ring (bicyclic) bond motifs is 1. The van der Waals surface area contributed by atoms with Crippen molar-refractivity contribution in [1.29, 1.82) is 0 Å². The number of nitrogens with one attached hydrogen (secondary N) is 2. The quantitative estimate of drug-likeness (QED) is 0.498. The molecule has 1 fully saturated rings. The molecule has 1 aromatic heterocycles. The zero-order chi connectivity index (χ0) is 22.5. The number of carbonyl (C=O) groups is 1. The van der Waals surface area contributed by atoms with Crippen molar-refractivity contribution in [2.75, 3.05) is 20.2 Å². The topological polar surface area (TPSA) is 70.2 Å². The highest BCUT2D eigenvalue weighted by Gasteiger charge is 2.37. The van der Waals surface area contributed by atoms with Gasteiger partial charge in [0.15, 0.2) is 5.16 Å². The Morgan fingerprint density at radius 1 is 1.28 bits per heavy atom. The molecule has 0 aliphatic carbocycles. The zero-order valence-corrected chi connectivity index (χ0v) is 19.6. The molecule has 2 N–H and O–H groups in total. The molecule has 2 aromatic carbocycles. The van der Waals surface area contributed by atoms with E-state index < -0.39 is 0 Å². The van der Waals surface area contributed by atoms with Crippen LogP contribution in [0.2, 0.25) is 0 Å². The summed E-state index contributed by atoms with van der Waals surface area (Å²) in [4.78, 5) is 23.6. The summed E-state index contributed by atoms with van der Waals surface area (Å²) in [6, 6.07) is 15.7. The minimum atomic E-state index is -0.165. The Morgan fingerprint density at radius 2 is 2.06 bits per heavy atom. The van der Waals surface area contributed by atoms with Crippen LogP contribution in [0.4, 0.5) is 0 Å². The highest BCUT2D eigenvalue weighted by Crippen LogP contribution is 2.33. The van der Waals surface area contributed by atoms with Crippen LogP contribution in [0.1, 0.15) is 25.8 Å². The highest BCUT2D eigenvalue weighted by atomic mass is 32.2. The number of likely N-dealkylation sites (tertiary alicyclic amines) is 1. The Labute approximate surface area is 193 Å². The molecule has 1 aliphatic rings. The third-order valence-electron chi connectivity index (χ3n) is 5.90. The molecule has 6 nitrogen and oxygen atoms in total. The first-order valence-corrected chi connectivity index (χ1v) is 11.8. The number of ether oxygens (including phenoxy) is 1. The second-order valence-electron chi connectivity index (χ2n) is 8.14. The molecule has 168 valence electrons. The number of hydrogen-bond donors (Lipinski definition) is 2. The second-order valence-corrected chi connectivity index (χ2v) is 9.43. The summed E-state index contributed by atoms with van der Waals surface area (Å²) in [5, 5.41) is 4.33. The number of methoxy groups -OCH3 is 1. The van der Waals surface area contributed by atoms with Gasteiger partial charge in [-0.3, -0.25) is 9.69 Å². The van der Waals surface area contributed by atoms with Crippen molar-refractivity contribution >= 4 is 28.7 Å². The second kappa shape index (κ2) is 10.2. The lowest BCUT2D eigenvalue weighted by atomic mass is 10.1. The van der Waals surface area contributed by atoms with Crippen LogP contribution in [0.15, 0.2) is 65.3 Å². The SMILES string of the molecule is C/C=C(\C)CN1C[C@H](Sc2nc3ccccc3[nH]2)C[C@H]1C(=O)NCc1ccccc1OC. The average Bonchev–Trinajstić information content (AvgIpc) is 3.40. The molecule has 32 heavy (non-hydrogen) atoms. The summed E-state index contributed by atoms with van der Waals surface area (Å²) in [5.74, 6) is 0.853. The summed E-state index contributed by atoms with van der Waals surface area (Å²) in [6.07, 6.45) is 2.90. The fourth-order valence-electron chi connectivity index (χ4n) is 4.10. The van der Waals surface area contributed by atoms with E-state index in [0.29, 0.717) is 11.8 Å². The molecular weight excluding hydrogens is 420 g/mol. The fourth-order valence-corrected chi connectivity index (χ4v) is 5.28. The van der Waals surface area contributed by atoms with Crippen LogP contribution >= 0.6 is 11.8 Å². The van der Waals surface area contributed by atoms with Gasteiger partial charge in [-0.1, -0.05) is 53.7 Å². The lowest BCUT2D eigenvalue weighted by Crippen LogP contribution is -2.43. The molecule has 1 saturated heterocycles. The first-order valence-electron chi connectivity index (χ1n) is 10.9. The molecular formula is C25H30N4O2S. The summed E-state index contributed by atoms with van der Waals surface area (Å²) < 4.78 is 5.42. The number of imidazole rings is 1. The van der Waals surface area contributed by atoms with E-state index in [9.17, 15) is 4.79 Å². The normalized spacial score (nSPS) is 19.4. The van der Waals surface area contributed by atoms with Gasteiger partial charge in [-0.25, -0.2) is 4.98 Å². The van der Waals surface area contributed by atoms with Crippen molar-refractivity contribution in [2.24, 2.45) is 0 Å². The van der Waals surface area contributed by atoms with Crippen LogP contribution < -0.4 is 10.1 Å². The molecule has 7 heteroatoms. The third kappa shape index (κ3) is 5.16. The molecule has 2 heterocycles. The first-order chi connectivity index (χ1) is 15.6. The van der Waals surface area contributed by atoms with Crippen molar-refractivity contribution < 1.29 is 9.53 Å². The fraction of sp³-hybridized carbons (Fsp3) is 0.360. The summed E-state index contributed by atoms with van der Waals surface area (Å²) in [7, 11) is 1.65. The maximum atomic E-state index is 13.2. The van der Waals surface area contributed by atoms with E-state index in [0.717, 1.165) is 47.0 Å². The van der Waals surface area contributed by atoms with Crippen LogP contribution in [-0.2, 0) is 11.3 Å². The molecule has 4 rings (SSSR count). The van der Waals surface area contributed by atoms with Crippen molar-refractivity contribution in [1.82, 2.24) is 20.2 Å². The van der Waals surface area contributed by atoms with Gasteiger partial charge < -0.3 is 15.0 Å². The monoisotopic (exact) mass is 450 g/mol. The van der Waals surface area contributed by atoms with Gasteiger partial charge >= 0.3 is 0 Å². The van der Waals surface area contributed by atoms with Crippen molar-refractivity contribution in [3.05, 3.63) is 65.7 Å². The minimum absolute atomic E-state index is 0.0625. The Kier molecular flexibility index (Phi) is 7.17. The van der Waals surface area contributed by atoms with E-state index in [4.69, 9.17) is 9.72 Å². The number of hydrogen-bond acceptors (Lipinski definition) is 5. The van der Waals surface area contributed by atoms with E-state index in [2.05, 4.69) is 28.2 Å². The Hall–Kier alpha value is -2.77. The number of para-hydroxylation sites is 3. The largest absolute Gasteiger partial charge is 0.496 e. The summed E-state index contributed by atoms with van der Waals surface area (Å²) in [6.45, 7) is 6.25.